The molecule has 3 N–H and O–H groups in total. The van der Waals surface area contributed by atoms with E-state index in [-0.39, 0.29) is 0 Å². The first-order valence-corrected chi connectivity index (χ1v) is 1.76. The van der Waals surface area contributed by atoms with Crippen LogP contribution in [0.3, 0.4) is 0 Å². The van der Waals surface area contributed by atoms with E-state index in [9.17, 15) is 0 Å². The molecule has 0 aliphatic carbocycles. The predicted molar refractivity (Wildman–Crippen MR) is 15.7 cm³/mol. The summed E-state index contributed by atoms with van der Waals surface area (Å²) < 4.78 is 25.3. The Morgan fingerprint density at radius 1 is 1.17 bits per heavy atom. The van der Waals surface area contributed by atoms with Crippen molar-refractivity contribution in [2.24, 2.45) is 5.90 Å². The molecule has 0 amide bonds. The van der Waals surface area contributed by atoms with Gasteiger partial charge in [0.25, 0.3) is 0 Å². The Bertz CT molecular complexity index is 76.9. The zero-order valence-electron chi connectivity index (χ0n) is 2.66. The molecule has 0 unspecified atom stereocenters. The van der Waals surface area contributed by atoms with Gasteiger partial charge in [-0.25, -0.2) is 5.90 Å². The van der Waals surface area contributed by atoms with Crippen LogP contribution in [0, 0.1) is 0 Å². The fourth-order valence-electron chi connectivity index (χ4n) is 0. The van der Waals surface area contributed by atoms with E-state index in [1.807, 2.05) is 0 Å². The molecule has 0 aliphatic rings. The zero-order valence-corrected chi connectivity index (χ0v) is 3.47. The molecule has 38 valence electrons. The molecule has 0 heterocycles. The van der Waals surface area contributed by atoms with Crippen LogP contribution in [-0.4, -0.2) is 17.8 Å². The zero-order chi connectivity index (χ0) is 5.58. The lowest BCUT2D eigenvalue weighted by atomic mass is 13.6. The highest BCUT2D eigenvalue weighted by atomic mass is 32.2. The third kappa shape index (κ3) is 108. The highest BCUT2D eigenvalue weighted by Crippen LogP contribution is 1.07. The van der Waals surface area contributed by atoms with Crippen molar-refractivity contribution in [2.75, 3.05) is 0 Å². The van der Waals surface area contributed by atoms with Crippen LogP contribution in [0.15, 0.2) is 0 Å². The van der Waals surface area contributed by atoms with Crippen LogP contribution >= 0.6 is 0 Å². The van der Waals surface area contributed by atoms with Crippen molar-refractivity contribution < 1.29 is 17.8 Å². The summed E-state index contributed by atoms with van der Waals surface area (Å²) in [5, 5.41) is 6.50. The molecule has 6 heteroatoms. The Labute approximate surface area is 35.4 Å². The second-order valence-electron chi connectivity index (χ2n) is 0.204. The van der Waals surface area contributed by atoms with Crippen molar-refractivity contribution in [1.82, 2.24) is 0 Å². The first-order valence-electron chi connectivity index (χ1n) is 0.758. The van der Waals surface area contributed by atoms with Gasteiger partial charge >= 0.3 is 10.6 Å². The second-order valence-corrected chi connectivity index (χ2v) is 0.612. The van der Waals surface area contributed by atoms with E-state index < -0.39 is 10.6 Å². The van der Waals surface area contributed by atoms with Gasteiger partial charge in [-0.2, -0.15) is 0 Å². The molecule has 0 aromatic carbocycles. The van der Waals surface area contributed by atoms with Crippen molar-refractivity contribution in [3.8, 4) is 0 Å². The molecule has 0 fully saturated rings. The van der Waals surface area contributed by atoms with Crippen LogP contribution in [0.4, 0.5) is 0 Å². The molecule has 0 aromatic heterocycles. The summed E-state index contributed by atoms with van der Waals surface area (Å²) in [6.07, 6.45) is 0. The lowest BCUT2D eigenvalue weighted by Crippen LogP contribution is -1.72. The van der Waals surface area contributed by atoms with Gasteiger partial charge in [-0.15, -0.1) is 12.6 Å². The number of rotatable bonds is 0. The highest BCUT2D eigenvalue weighted by molar-refractivity contribution is 7.59. The Morgan fingerprint density at radius 2 is 1.17 bits per heavy atom. The molecule has 0 saturated carbocycles. The smallest absolute Gasteiger partial charge is 0.320 e. The van der Waals surface area contributed by atoms with E-state index in [1.165, 1.54) is 0 Å². The van der Waals surface area contributed by atoms with Crippen LogP contribution < -0.4 is 5.90 Å². The van der Waals surface area contributed by atoms with Gasteiger partial charge in [-0.1, -0.05) is 0 Å². The van der Waals surface area contributed by atoms with E-state index in [2.05, 4.69) is 5.90 Å². The van der Waals surface area contributed by atoms with Gasteiger partial charge in [0.15, 0.2) is 0 Å². The Kier molecular flexibility index (Phi) is 13.4. The van der Waals surface area contributed by atoms with Gasteiger partial charge in [0.05, 0.1) is 0 Å². The monoisotopic (exact) mass is 113 g/mol. The molecule has 5 nitrogen and oxygen atoms in total. The normalized spacial score (nSPS) is 5.00. The Morgan fingerprint density at radius 3 is 1.17 bits per heavy atom. The van der Waals surface area contributed by atoms with E-state index >= 15 is 0 Å². The average Bonchev–Trinajstić information content (AvgIpc) is 1.41. The molecule has 0 aromatic rings. The maximum Gasteiger partial charge on any atom is 0.425 e. The lowest BCUT2D eigenvalue weighted by Gasteiger charge is -1.27. The number of hydrogen-bond acceptors (Lipinski definition) is 5. The summed E-state index contributed by atoms with van der Waals surface area (Å²) in [5.41, 5.74) is 0. The lowest BCUT2D eigenvalue weighted by molar-refractivity contribution is 0.311. The molecular weight excluding hydrogens is 110 g/mol. The molecule has 0 aliphatic heterocycles. The summed E-state index contributed by atoms with van der Waals surface area (Å²) >= 11 is 0. The van der Waals surface area contributed by atoms with Crippen molar-refractivity contribution in [3.63, 3.8) is 0 Å². The molecule has 0 radical (unpaired) electrons. The Balaban J connectivity index is 0. The van der Waals surface area contributed by atoms with E-state index in [4.69, 9.17) is 17.8 Å². The van der Waals surface area contributed by atoms with Gasteiger partial charge in [0.1, 0.15) is 0 Å². The van der Waals surface area contributed by atoms with Crippen molar-refractivity contribution in [1.29, 1.82) is 0 Å². The van der Waals surface area contributed by atoms with Crippen molar-refractivity contribution in [3.05, 3.63) is 0 Å². The molecular formula is H3NO4S. The largest absolute Gasteiger partial charge is 0.425 e. The topological polar surface area (TPSA) is 97.5 Å². The van der Waals surface area contributed by atoms with Gasteiger partial charge in [0, 0.05) is 0 Å². The van der Waals surface area contributed by atoms with Crippen LogP contribution in [0.5, 0.6) is 0 Å². The summed E-state index contributed by atoms with van der Waals surface area (Å²) in [5.74, 6) is 3.50. The number of nitrogens with two attached hydrogens (primary N) is 1. The van der Waals surface area contributed by atoms with E-state index in [0.29, 0.717) is 0 Å². The van der Waals surface area contributed by atoms with Crippen LogP contribution in [0.25, 0.3) is 0 Å². The maximum absolute atomic E-state index is 8.44. The van der Waals surface area contributed by atoms with Gasteiger partial charge < -0.3 is 5.21 Å². The van der Waals surface area contributed by atoms with Crippen LogP contribution in [0.1, 0.15) is 0 Å². The van der Waals surface area contributed by atoms with Crippen molar-refractivity contribution >= 4 is 10.6 Å². The summed E-state index contributed by atoms with van der Waals surface area (Å²) in [4.78, 5) is 0. The van der Waals surface area contributed by atoms with E-state index in [0.717, 1.165) is 0 Å². The van der Waals surface area contributed by atoms with Gasteiger partial charge in [-0.05, 0) is 0 Å². The third-order valence-corrected chi connectivity index (χ3v) is 0. The minimum Gasteiger partial charge on any atom is -0.320 e. The highest BCUT2D eigenvalue weighted by Gasteiger charge is 1.40. The fourth-order valence-corrected chi connectivity index (χ4v) is 0. The fraction of sp³-hybridized carbons (Fsp3) is 0. The van der Waals surface area contributed by atoms with Gasteiger partial charge in [-0.3, -0.25) is 0 Å². The maximum atomic E-state index is 8.44. The quantitative estimate of drug-likeness (QED) is 0.366. The predicted octanol–water partition coefficient (Wildman–Crippen LogP) is -1.67. The average molecular weight is 113 g/mol. The number of hydrogen-bond donors (Lipinski definition) is 2. The molecule has 6 heavy (non-hydrogen) atoms. The molecule has 0 bridgehead atoms. The minimum absolute atomic E-state index is 3.11. The molecule has 0 atom stereocenters. The molecule has 0 rings (SSSR count). The Hall–Kier alpha value is -0.460. The minimum atomic E-state index is -3.11. The van der Waals surface area contributed by atoms with Gasteiger partial charge in [0.2, 0.25) is 0 Å². The van der Waals surface area contributed by atoms with E-state index in [1.54, 1.807) is 0 Å². The first-order chi connectivity index (χ1) is 2.73. The summed E-state index contributed by atoms with van der Waals surface area (Å²) in [6, 6.07) is 0. The SMILES string of the molecule is NO.O=S(=O)=O. The third-order valence-electron chi connectivity index (χ3n) is 0. The van der Waals surface area contributed by atoms with Crippen molar-refractivity contribution in [2.45, 2.75) is 0 Å². The van der Waals surface area contributed by atoms with Crippen LogP contribution in [-0.2, 0) is 10.6 Å². The second kappa shape index (κ2) is 8.82. The summed E-state index contributed by atoms with van der Waals surface area (Å²) in [6.45, 7) is 0. The molecule has 0 saturated heterocycles. The first kappa shape index (κ1) is 9.11. The molecule has 0 spiro atoms. The standard InChI is InChI=1S/H3NO.O3S/c1-2;1-4(2)3/h2H,1H2;. The van der Waals surface area contributed by atoms with Crippen LogP contribution in [0.2, 0.25) is 0 Å². The summed E-state index contributed by atoms with van der Waals surface area (Å²) in [7, 11) is -3.11.